The summed E-state index contributed by atoms with van der Waals surface area (Å²) in [4.78, 5) is 0. The van der Waals surface area contributed by atoms with Crippen LogP contribution < -0.4 is 0 Å². The molecule has 0 aliphatic rings. The highest BCUT2D eigenvalue weighted by Crippen LogP contribution is 2.11. The van der Waals surface area contributed by atoms with Crippen molar-refractivity contribution in [2.75, 3.05) is 112 Å². The number of ether oxygens (including phenoxy) is 11. The van der Waals surface area contributed by atoms with Gasteiger partial charge in [0.25, 0.3) is 0 Å². The molecule has 0 spiro atoms. The molecular weight excluding hydrogens is 684 g/mol. The molecule has 6 atom stereocenters. The van der Waals surface area contributed by atoms with E-state index in [4.69, 9.17) is 57.2 Å². The maximum atomic E-state index is 8.63. The van der Waals surface area contributed by atoms with Crippen LogP contribution in [0.2, 0.25) is 0 Å². The van der Waals surface area contributed by atoms with E-state index >= 15 is 0 Å². The van der Waals surface area contributed by atoms with Gasteiger partial charge in [0, 0.05) is 6.61 Å². The Balaban J connectivity index is 3.61. The van der Waals surface area contributed by atoms with E-state index in [1.165, 1.54) is 64.2 Å². The Labute approximate surface area is 324 Å². The fraction of sp³-hybridized carbons (Fsp3) is 1.00. The summed E-state index contributed by atoms with van der Waals surface area (Å²) in [5.74, 6) is 0. The molecule has 12 heteroatoms. The van der Waals surface area contributed by atoms with Crippen molar-refractivity contribution >= 4 is 0 Å². The lowest BCUT2D eigenvalue weighted by molar-refractivity contribution is -0.105. The van der Waals surface area contributed by atoms with E-state index in [9.17, 15) is 0 Å². The van der Waals surface area contributed by atoms with Crippen LogP contribution in [-0.4, -0.2) is 154 Å². The number of hydrogen-bond acceptors (Lipinski definition) is 12. The predicted molar refractivity (Wildman–Crippen MR) is 210 cm³/mol. The molecule has 0 rings (SSSR count). The fourth-order valence-electron chi connectivity index (χ4n) is 5.04. The van der Waals surface area contributed by atoms with Crippen molar-refractivity contribution in [3.63, 3.8) is 0 Å². The summed E-state index contributed by atoms with van der Waals surface area (Å²) in [7, 11) is 0. The summed E-state index contributed by atoms with van der Waals surface area (Å²) in [6.45, 7) is 22.5. The number of aliphatic hydroxyl groups excluding tert-OH is 1. The zero-order valence-corrected chi connectivity index (χ0v) is 35.2. The Morgan fingerprint density at radius 1 is 0.302 bits per heavy atom. The molecule has 0 amide bonds. The molecule has 0 fully saturated rings. The number of hydrogen-bond donors (Lipinski definition) is 1. The van der Waals surface area contributed by atoms with Gasteiger partial charge >= 0.3 is 0 Å². The first-order valence-corrected chi connectivity index (χ1v) is 21.0. The van der Waals surface area contributed by atoms with E-state index < -0.39 is 0 Å². The second kappa shape index (κ2) is 41.2. The summed E-state index contributed by atoms with van der Waals surface area (Å²) >= 11 is 0. The van der Waals surface area contributed by atoms with Gasteiger partial charge in [0.1, 0.15) is 0 Å². The third-order valence-electron chi connectivity index (χ3n) is 8.30. The molecule has 0 heterocycles. The molecule has 1 N–H and O–H groups in total. The second-order valence-corrected chi connectivity index (χ2v) is 14.2. The van der Waals surface area contributed by atoms with Crippen LogP contribution in [0.4, 0.5) is 0 Å². The van der Waals surface area contributed by atoms with E-state index in [0.29, 0.717) is 99.1 Å². The van der Waals surface area contributed by atoms with Crippen LogP contribution in [0.1, 0.15) is 119 Å². The van der Waals surface area contributed by atoms with Gasteiger partial charge in [-0.25, -0.2) is 0 Å². The van der Waals surface area contributed by atoms with Crippen LogP contribution >= 0.6 is 0 Å². The smallest absolute Gasteiger partial charge is 0.0781 e. The highest BCUT2D eigenvalue weighted by Gasteiger charge is 2.14. The van der Waals surface area contributed by atoms with E-state index in [0.717, 1.165) is 13.0 Å². The van der Waals surface area contributed by atoms with Crippen LogP contribution in [0, 0.1) is 0 Å². The van der Waals surface area contributed by atoms with Crippen LogP contribution in [-0.2, 0) is 52.1 Å². The van der Waals surface area contributed by atoms with Crippen molar-refractivity contribution in [3.05, 3.63) is 0 Å². The maximum absolute atomic E-state index is 8.63. The van der Waals surface area contributed by atoms with Crippen LogP contribution in [0.15, 0.2) is 0 Å². The third kappa shape index (κ3) is 41.0. The average Bonchev–Trinajstić information content (AvgIpc) is 3.15. The molecule has 12 nitrogen and oxygen atoms in total. The van der Waals surface area contributed by atoms with Gasteiger partial charge in [0.15, 0.2) is 0 Å². The first-order valence-electron chi connectivity index (χ1n) is 21.0. The third-order valence-corrected chi connectivity index (χ3v) is 8.30. The van der Waals surface area contributed by atoms with E-state index in [-0.39, 0.29) is 43.2 Å². The SMILES string of the molecule is CCCCCCCCCCCCCOCC(C)OCC(C)OCC(C)OCC(C)OCC(C)OCC(C)OCCOCCOCCOCCOCCO. The Bertz CT molecular complexity index is 706. The van der Waals surface area contributed by atoms with E-state index in [2.05, 4.69) is 13.8 Å². The summed E-state index contributed by atoms with van der Waals surface area (Å²) in [5, 5.41) is 8.63. The van der Waals surface area contributed by atoms with Crippen molar-refractivity contribution in [1.82, 2.24) is 0 Å². The van der Waals surface area contributed by atoms with Crippen molar-refractivity contribution in [3.8, 4) is 0 Å². The van der Waals surface area contributed by atoms with Gasteiger partial charge in [-0.15, -0.1) is 0 Å². The topological polar surface area (TPSA) is 122 Å². The van der Waals surface area contributed by atoms with E-state index in [1.54, 1.807) is 0 Å². The molecule has 0 radical (unpaired) electrons. The quantitative estimate of drug-likeness (QED) is 0.0657. The number of aliphatic hydroxyl groups is 1. The molecule has 0 aliphatic heterocycles. The molecule has 6 unspecified atom stereocenters. The molecule has 0 bridgehead atoms. The summed E-state index contributed by atoms with van der Waals surface area (Å²) < 4.78 is 62.8. The first-order chi connectivity index (χ1) is 25.8. The molecule has 0 saturated heterocycles. The zero-order valence-electron chi connectivity index (χ0n) is 35.2. The molecule has 0 aromatic heterocycles. The summed E-state index contributed by atoms with van der Waals surface area (Å²) in [6, 6.07) is 0. The predicted octanol–water partition coefficient (Wildman–Crippen LogP) is 6.80. The Kier molecular flexibility index (Phi) is 40.8. The normalized spacial score (nSPS) is 15.4. The monoisotopic (exact) mass is 769 g/mol. The largest absolute Gasteiger partial charge is 0.394 e. The zero-order chi connectivity index (χ0) is 39.0. The molecule has 320 valence electrons. The lowest BCUT2D eigenvalue weighted by atomic mass is 10.1. The van der Waals surface area contributed by atoms with E-state index in [1.807, 2.05) is 34.6 Å². The van der Waals surface area contributed by atoms with Gasteiger partial charge in [0.2, 0.25) is 0 Å². The lowest BCUT2D eigenvalue weighted by Gasteiger charge is -2.22. The van der Waals surface area contributed by atoms with Crippen molar-refractivity contribution in [2.45, 2.75) is 156 Å². The minimum Gasteiger partial charge on any atom is -0.394 e. The Morgan fingerprint density at radius 2 is 0.604 bits per heavy atom. The van der Waals surface area contributed by atoms with Crippen molar-refractivity contribution in [1.29, 1.82) is 0 Å². The molecule has 53 heavy (non-hydrogen) atoms. The van der Waals surface area contributed by atoms with Crippen molar-refractivity contribution < 1.29 is 57.2 Å². The average molecular weight is 769 g/mol. The lowest BCUT2D eigenvalue weighted by Crippen LogP contribution is -2.30. The summed E-state index contributed by atoms with van der Waals surface area (Å²) in [6.07, 6.45) is 14.6. The van der Waals surface area contributed by atoms with Gasteiger partial charge in [-0.2, -0.15) is 0 Å². The van der Waals surface area contributed by atoms with Gasteiger partial charge in [-0.1, -0.05) is 71.1 Å². The highest BCUT2D eigenvalue weighted by atomic mass is 16.6. The standard InChI is InChI=1S/C41H84O12/c1-8-9-10-11-12-13-14-15-16-17-18-20-47-30-36(2)49-32-38(4)51-34-40(6)53-35-41(7)52-33-39(5)50-31-37(3)48-29-28-46-27-26-45-25-24-44-23-22-43-21-19-42/h36-42H,8-35H2,1-7H3. The highest BCUT2D eigenvalue weighted by molar-refractivity contribution is 4.59. The van der Waals surface area contributed by atoms with Gasteiger partial charge in [0.05, 0.1) is 142 Å². The van der Waals surface area contributed by atoms with Gasteiger partial charge < -0.3 is 57.2 Å². The Hall–Kier alpha value is -0.480. The van der Waals surface area contributed by atoms with Gasteiger partial charge in [-0.05, 0) is 48.0 Å². The number of unbranched alkanes of at least 4 members (excludes halogenated alkanes) is 10. The van der Waals surface area contributed by atoms with Crippen LogP contribution in [0.25, 0.3) is 0 Å². The molecule has 0 saturated carbocycles. The summed E-state index contributed by atoms with van der Waals surface area (Å²) in [5.41, 5.74) is 0. The van der Waals surface area contributed by atoms with Gasteiger partial charge in [-0.3, -0.25) is 0 Å². The van der Waals surface area contributed by atoms with Crippen LogP contribution in [0.3, 0.4) is 0 Å². The Morgan fingerprint density at radius 3 is 0.981 bits per heavy atom. The fourth-order valence-corrected chi connectivity index (χ4v) is 5.04. The second-order valence-electron chi connectivity index (χ2n) is 14.2. The molecule has 0 aromatic rings. The maximum Gasteiger partial charge on any atom is 0.0781 e. The molecule has 0 aliphatic carbocycles. The van der Waals surface area contributed by atoms with Crippen molar-refractivity contribution in [2.24, 2.45) is 0 Å². The van der Waals surface area contributed by atoms with Crippen LogP contribution in [0.5, 0.6) is 0 Å². The minimum absolute atomic E-state index is 0.0210. The molecular formula is C41H84O12. The number of rotatable bonds is 44. The molecule has 0 aromatic carbocycles. The first kappa shape index (κ1) is 52.5. The minimum atomic E-state index is -0.0621.